The summed E-state index contributed by atoms with van der Waals surface area (Å²) in [5.41, 5.74) is 3.99. The number of fused-ring (bicyclic) bond motifs is 2. The van der Waals surface area contributed by atoms with Crippen LogP contribution in [0.4, 0.5) is 0 Å². The third-order valence-corrected chi connectivity index (χ3v) is 6.91. The van der Waals surface area contributed by atoms with Gasteiger partial charge in [0.1, 0.15) is 11.6 Å². The topological polar surface area (TPSA) is 75.6 Å². The largest absolute Gasteiger partial charge is 0.356 e. The van der Waals surface area contributed by atoms with E-state index in [1.54, 1.807) is 0 Å². The van der Waals surface area contributed by atoms with Gasteiger partial charge in [-0.2, -0.15) is 0 Å². The van der Waals surface area contributed by atoms with Crippen LogP contribution >= 0.6 is 11.6 Å². The molecule has 2 N–H and O–H groups in total. The Kier molecular flexibility index (Phi) is 5.87. The summed E-state index contributed by atoms with van der Waals surface area (Å²) in [5.74, 6) is 2.17. The lowest BCUT2D eigenvalue weighted by Crippen LogP contribution is -2.36. The van der Waals surface area contributed by atoms with Gasteiger partial charge in [-0.25, -0.2) is 9.97 Å². The molecule has 2 atom stereocenters. The quantitative estimate of drug-likeness (QED) is 0.401. The molecule has 0 radical (unpaired) electrons. The van der Waals surface area contributed by atoms with Crippen molar-refractivity contribution in [1.29, 1.82) is 0 Å². The smallest absolute Gasteiger partial charge is 0.223 e. The van der Waals surface area contributed by atoms with Crippen molar-refractivity contribution in [2.45, 2.75) is 44.4 Å². The first-order valence-electron chi connectivity index (χ1n) is 11.4. The number of aromatic nitrogens is 4. The minimum Gasteiger partial charge on any atom is -0.356 e. The van der Waals surface area contributed by atoms with Crippen molar-refractivity contribution in [3.05, 3.63) is 59.1 Å². The molecule has 0 spiro atoms. The SMILES string of the molecule is Cn1c(CCCNC(=O)C2CCCCC2c2nc3ccc(Cl)cc3[nH]2)nc2ccccc21. The predicted octanol–water partition coefficient (Wildman–Crippen LogP) is 5.13. The summed E-state index contributed by atoms with van der Waals surface area (Å²) in [4.78, 5) is 26.0. The van der Waals surface area contributed by atoms with Crippen molar-refractivity contribution in [2.24, 2.45) is 13.0 Å². The number of rotatable bonds is 6. The Labute approximate surface area is 192 Å². The molecule has 2 aromatic heterocycles. The van der Waals surface area contributed by atoms with Crippen LogP contribution in [0, 0.1) is 5.92 Å². The van der Waals surface area contributed by atoms with Crippen molar-refractivity contribution in [1.82, 2.24) is 24.8 Å². The highest BCUT2D eigenvalue weighted by Crippen LogP contribution is 2.37. The van der Waals surface area contributed by atoms with E-state index in [0.29, 0.717) is 11.6 Å². The Morgan fingerprint density at radius 3 is 2.88 bits per heavy atom. The molecular weight excluding hydrogens is 422 g/mol. The summed E-state index contributed by atoms with van der Waals surface area (Å²) in [6.07, 6.45) is 5.79. The molecule has 1 aliphatic carbocycles. The van der Waals surface area contributed by atoms with Crippen LogP contribution in [0.15, 0.2) is 42.5 Å². The van der Waals surface area contributed by atoms with Gasteiger partial charge in [0.2, 0.25) is 5.91 Å². The first kappa shape index (κ1) is 21.0. The van der Waals surface area contributed by atoms with Crippen LogP contribution in [-0.2, 0) is 18.3 Å². The van der Waals surface area contributed by atoms with Crippen LogP contribution in [0.3, 0.4) is 0 Å². The lowest BCUT2D eigenvalue weighted by atomic mass is 9.78. The zero-order chi connectivity index (χ0) is 22.1. The predicted molar refractivity (Wildman–Crippen MR) is 128 cm³/mol. The average molecular weight is 450 g/mol. The summed E-state index contributed by atoms with van der Waals surface area (Å²) >= 11 is 6.12. The highest BCUT2D eigenvalue weighted by molar-refractivity contribution is 6.31. The number of nitrogens with one attached hydrogen (secondary N) is 2. The molecule has 0 saturated heterocycles. The highest BCUT2D eigenvalue weighted by Gasteiger charge is 2.33. The molecule has 2 heterocycles. The first-order valence-corrected chi connectivity index (χ1v) is 11.8. The van der Waals surface area contributed by atoms with Crippen LogP contribution in [0.2, 0.25) is 5.02 Å². The summed E-state index contributed by atoms with van der Waals surface area (Å²) in [6.45, 7) is 0.654. The number of imidazole rings is 2. The van der Waals surface area contributed by atoms with Crippen LogP contribution in [0.5, 0.6) is 0 Å². The van der Waals surface area contributed by atoms with Crippen LogP contribution in [0.25, 0.3) is 22.1 Å². The van der Waals surface area contributed by atoms with Crippen LogP contribution in [0.1, 0.15) is 49.7 Å². The maximum Gasteiger partial charge on any atom is 0.223 e. The molecule has 4 aromatic rings. The Morgan fingerprint density at radius 2 is 2.00 bits per heavy atom. The molecule has 1 fully saturated rings. The zero-order valence-corrected chi connectivity index (χ0v) is 19.0. The molecule has 0 aliphatic heterocycles. The number of carbonyl (C=O) groups excluding carboxylic acids is 1. The summed E-state index contributed by atoms with van der Waals surface area (Å²) in [7, 11) is 2.05. The van der Waals surface area contributed by atoms with Gasteiger partial charge in [0.05, 0.1) is 22.1 Å². The second-order valence-corrected chi connectivity index (χ2v) is 9.19. The molecule has 166 valence electrons. The molecule has 6 nitrogen and oxygen atoms in total. The maximum atomic E-state index is 13.1. The van der Waals surface area contributed by atoms with Crippen LogP contribution < -0.4 is 5.32 Å². The van der Waals surface area contributed by atoms with Crippen molar-refractivity contribution in [3.63, 3.8) is 0 Å². The molecule has 32 heavy (non-hydrogen) atoms. The standard InChI is InChI=1S/C25H28ClN5O/c1-31-22-10-5-4-9-20(22)28-23(31)11-6-14-27-25(32)18-8-3-2-7-17(18)24-29-19-13-12-16(26)15-21(19)30-24/h4-5,9-10,12-13,15,17-18H,2-3,6-8,11,14H2,1H3,(H,27,32)(H,29,30). The van der Waals surface area contributed by atoms with Gasteiger partial charge in [0, 0.05) is 36.9 Å². The molecule has 2 unspecified atom stereocenters. The molecule has 0 bridgehead atoms. The normalized spacial score (nSPS) is 18.9. The van der Waals surface area contributed by atoms with Crippen molar-refractivity contribution < 1.29 is 4.79 Å². The van der Waals surface area contributed by atoms with E-state index in [2.05, 4.69) is 28.0 Å². The summed E-state index contributed by atoms with van der Waals surface area (Å²) in [6, 6.07) is 13.8. The Balaban J connectivity index is 1.21. The number of para-hydroxylation sites is 2. The number of hydrogen-bond acceptors (Lipinski definition) is 3. The Bertz CT molecular complexity index is 1260. The number of halogens is 1. The van der Waals surface area contributed by atoms with Gasteiger partial charge in [-0.15, -0.1) is 0 Å². The molecule has 5 rings (SSSR count). The van der Waals surface area contributed by atoms with Crippen molar-refractivity contribution in [2.75, 3.05) is 6.54 Å². The Morgan fingerprint density at radius 1 is 1.16 bits per heavy atom. The van der Waals surface area contributed by atoms with Gasteiger partial charge in [-0.1, -0.05) is 36.6 Å². The number of hydrogen-bond donors (Lipinski definition) is 2. The number of aryl methyl sites for hydroxylation is 2. The fourth-order valence-corrected chi connectivity index (χ4v) is 5.13. The summed E-state index contributed by atoms with van der Waals surface area (Å²) in [5, 5.41) is 3.87. The second kappa shape index (κ2) is 8.94. The van der Waals surface area contributed by atoms with Gasteiger partial charge < -0.3 is 14.9 Å². The number of aromatic amines is 1. The van der Waals surface area contributed by atoms with E-state index in [4.69, 9.17) is 21.6 Å². The second-order valence-electron chi connectivity index (χ2n) is 8.75. The van der Waals surface area contributed by atoms with Gasteiger partial charge in [-0.05, 0) is 49.6 Å². The van der Waals surface area contributed by atoms with E-state index in [1.807, 2.05) is 36.4 Å². The van der Waals surface area contributed by atoms with Gasteiger partial charge in [-0.3, -0.25) is 4.79 Å². The fraction of sp³-hybridized carbons (Fsp3) is 0.400. The third kappa shape index (κ3) is 4.11. The van der Waals surface area contributed by atoms with E-state index >= 15 is 0 Å². The minimum atomic E-state index is -0.0458. The molecule has 1 amide bonds. The molecular formula is C25H28ClN5O. The van der Waals surface area contributed by atoms with Crippen LogP contribution in [-0.4, -0.2) is 32.0 Å². The lowest BCUT2D eigenvalue weighted by molar-refractivity contribution is -0.126. The number of amides is 1. The monoisotopic (exact) mass is 449 g/mol. The number of benzene rings is 2. The van der Waals surface area contributed by atoms with Crippen molar-refractivity contribution in [3.8, 4) is 0 Å². The van der Waals surface area contributed by atoms with E-state index in [9.17, 15) is 4.79 Å². The Hall–Kier alpha value is -2.86. The third-order valence-electron chi connectivity index (χ3n) is 6.67. The average Bonchev–Trinajstić information content (AvgIpc) is 3.37. The maximum absolute atomic E-state index is 13.1. The number of nitrogens with zero attached hydrogens (tertiary/aromatic N) is 3. The minimum absolute atomic E-state index is 0.0458. The van der Waals surface area contributed by atoms with Crippen molar-refractivity contribution >= 4 is 39.6 Å². The first-order chi connectivity index (χ1) is 15.6. The lowest BCUT2D eigenvalue weighted by Gasteiger charge is -2.29. The van der Waals surface area contributed by atoms with E-state index < -0.39 is 0 Å². The highest BCUT2D eigenvalue weighted by atomic mass is 35.5. The molecule has 7 heteroatoms. The summed E-state index contributed by atoms with van der Waals surface area (Å²) < 4.78 is 2.14. The van der Waals surface area contributed by atoms with Gasteiger partial charge in [0.25, 0.3) is 0 Å². The van der Waals surface area contributed by atoms with Gasteiger partial charge in [0.15, 0.2) is 0 Å². The number of H-pyrrole nitrogens is 1. The fourth-order valence-electron chi connectivity index (χ4n) is 4.96. The van der Waals surface area contributed by atoms with E-state index in [-0.39, 0.29) is 17.7 Å². The van der Waals surface area contributed by atoms with E-state index in [1.165, 1.54) is 0 Å². The molecule has 2 aromatic carbocycles. The molecule has 1 saturated carbocycles. The zero-order valence-electron chi connectivity index (χ0n) is 18.3. The van der Waals surface area contributed by atoms with E-state index in [0.717, 1.165) is 72.2 Å². The van der Waals surface area contributed by atoms with Gasteiger partial charge >= 0.3 is 0 Å². The molecule has 1 aliphatic rings. The number of carbonyl (C=O) groups is 1.